The first-order valence-corrected chi connectivity index (χ1v) is 11.2. The van der Waals surface area contributed by atoms with E-state index in [9.17, 15) is 0 Å². The van der Waals surface area contributed by atoms with Crippen LogP contribution in [-0.2, 0) is 13.2 Å². The second-order valence-electron chi connectivity index (χ2n) is 7.79. The second kappa shape index (κ2) is 10.9. The highest BCUT2D eigenvalue weighted by atomic mass is 79.9. The van der Waals surface area contributed by atoms with E-state index in [1.165, 1.54) is 56.1 Å². The highest BCUT2D eigenvalue weighted by Crippen LogP contribution is 2.34. The van der Waals surface area contributed by atoms with E-state index in [2.05, 4.69) is 58.5 Å². The van der Waals surface area contributed by atoms with Crippen LogP contribution in [0, 0.1) is 6.92 Å². The number of hydrogen-bond donors (Lipinski definition) is 1. The van der Waals surface area contributed by atoms with Crippen LogP contribution in [0.4, 0.5) is 0 Å². The molecule has 0 aliphatic heterocycles. The van der Waals surface area contributed by atoms with Crippen molar-refractivity contribution in [2.75, 3.05) is 7.11 Å². The molecule has 1 saturated carbocycles. The van der Waals surface area contributed by atoms with Crippen LogP contribution in [-0.4, -0.2) is 13.2 Å². The Morgan fingerprint density at radius 3 is 2.32 bits per heavy atom. The van der Waals surface area contributed by atoms with Gasteiger partial charge in [-0.3, -0.25) is 0 Å². The summed E-state index contributed by atoms with van der Waals surface area (Å²) in [6.45, 7) is 3.47. The summed E-state index contributed by atoms with van der Waals surface area (Å²) < 4.78 is 12.7. The van der Waals surface area contributed by atoms with Crippen LogP contribution in [0.5, 0.6) is 11.5 Å². The molecule has 1 N–H and O–H groups in total. The predicted octanol–water partition coefficient (Wildman–Crippen LogP) is 6.55. The van der Waals surface area contributed by atoms with E-state index in [1.54, 1.807) is 7.11 Å². The van der Waals surface area contributed by atoms with Crippen LogP contribution in [0.1, 0.15) is 61.6 Å². The summed E-state index contributed by atoms with van der Waals surface area (Å²) in [5, 5.41) is 3.75. The molecular formula is C24H32BrNO2. The van der Waals surface area contributed by atoms with Gasteiger partial charge in [0.2, 0.25) is 0 Å². The largest absolute Gasteiger partial charge is 0.493 e. The summed E-state index contributed by atoms with van der Waals surface area (Å²) in [4.78, 5) is 0. The highest BCUT2D eigenvalue weighted by Gasteiger charge is 2.14. The smallest absolute Gasteiger partial charge is 0.162 e. The van der Waals surface area contributed by atoms with Gasteiger partial charge in [0, 0.05) is 17.1 Å². The van der Waals surface area contributed by atoms with Crippen molar-refractivity contribution >= 4 is 15.9 Å². The number of rotatable bonds is 7. The number of hydrogen-bond acceptors (Lipinski definition) is 3. The molecule has 152 valence electrons. The van der Waals surface area contributed by atoms with Gasteiger partial charge in [-0.25, -0.2) is 0 Å². The van der Waals surface area contributed by atoms with Gasteiger partial charge in [0.15, 0.2) is 11.5 Å². The topological polar surface area (TPSA) is 30.5 Å². The third-order valence-corrected chi connectivity index (χ3v) is 6.27. The average Bonchev–Trinajstić information content (AvgIpc) is 2.67. The number of methoxy groups -OCH3 is 1. The van der Waals surface area contributed by atoms with Gasteiger partial charge < -0.3 is 14.8 Å². The summed E-state index contributed by atoms with van der Waals surface area (Å²) in [6.07, 6.45) is 9.41. The van der Waals surface area contributed by atoms with Gasteiger partial charge in [-0.15, -0.1) is 0 Å². The van der Waals surface area contributed by atoms with Crippen LogP contribution < -0.4 is 14.8 Å². The van der Waals surface area contributed by atoms with Crippen LogP contribution >= 0.6 is 15.9 Å². The second-order valence-corrected chi connectivity index (χ2v) is 8.65. The molecule has 28 heavy (non-hydrogen) atoms. The molecule has 2 aromatic carbocycles. The van der Waals surface area contributed by atoms with Crippen molar-refractivity contribution in [3.05, 3.63) is 57.6 Å². The minimum absolute atomic E-state index is 0.531. The maximum absolute atomic E-state index is 6.04. The van der Waals surface area contributed by atoms with Crippen molar-refractivity contribution in [2.24, 2.45) is 0 Å². The number of aryl methyl sites for hydroxylation is 1. The molecular weight excluding hydrogens is 414 g/mol. The molecule has 0 unspecified atom stereocenters. The van der Waals surface area contributed by atoms with Crippen molar-refractivity contribution in [1.82, 2.24) is 5.32 Å². The zero-order valence-electron chi connectivity index (χ0n) is 17.1. The summed E-state index contributed by atoms with van der Waals surface area (Å²) in [5.41, 5.74) is 3.62. The van der Waals surface area contributed by atoms with Gasteiger partial charge in [0.1, 0.15) is 6.61 Å². The molecule has 1 aliphatic rings. The number of nitrogens with one attached hydrogen (secondary N) is 1. The maximum Gasteiger partial charge on any atom is 0.162 e. The highest BCUT2D eigenvalue weighted by molar-refractivity contribution is 9.10. The molecule has 0 amide bonds. The first-order valence-electron chi connectivity index (χ1n) is 10.4. The van der Waals surface area contributed by atoms with Gasteiger partial charge in [-0.2, -0.15) is 0 Å². The fraction of sp³-hybridized carbons (Fsp3) is 0.500. The lowest BCUT2D eigenvalue weighted by Gasteiger charge is -2.22. The zero-order valence-corrected chi connectivity index (χ0v) is 18.7. The molecule has 0 atom stereocenters. The Morgan fingerprint density at radius 1 is 0.964 bits per heavy atom. The van der Waals surface area contributed by atoms with Crippen LogP contribution in [0.25, 0.3) is 0 Å². The molecule has 0 saturated heterocycles. The lowest BCUT2D eigenvalue weighted by atomic mass is 9.96. The van der Waals surface area contributed by atoms with Crippen LogP contribution in [0.3, 0.4) is 0 Å². The van der Waals surface area contributed by atoms with Crippen molar-refractivity contribution < 1.29 is 9.47 Å². The molecule has 0 heterocycles. The molecule has 3 rings (SSSR count). The zero-order chi connectivity index (χ0) is 19.8. The number of benzene rings is 2. The average molecular weight is 446 g/mol. The molecule has 2 aromatic rings. The third kappa shape index (κ3) is 6.25. The monoisotopic (exact) mass is 445 g/mol. The number of ether oxygens (including phenoxy) is 2. The molecule has 0 spiro atoms. The molecule has 0 aromatic heterocycles. The van der Waals surface area contributed by atoms with Crippen molar-refractivity contribution in [2.45, 2.75) is 71.1 Å². The first-order chi connectivity index (χ1) is 13.7. The standard InChI is InChI=1S/C24H32BrNO2/c1-18-10-12-19(13-11-18)17-28-24-15-22(25)20(14-23(24)27-2)16-26-21-8-6-4-3-5-7-9-21/h10-15,21,26H,3-9,16-17H2,1-2H3. The van der Waals surface area contributed by atoms with Gasteiger partial charge in [-0.05, 0) is 43.0 Å². The van der Waals surface area contributed by atoms with Gasteiger partial charge in [0.25, 0.3) is 0 Å². The summed E-state index contributed by atoms with van der Waals surface area (Å²) in [5.74, 6) is 1.55. The Hall–Kier alpha value is -1.52. The van der Waals surface area contributed by atoms with E-state index in [-0.39, 0.29) is 0 Å². The quantitative estimate of drug-likeness (QED) is 0.523. The molecule has 4 heteroatoms. The van der Waals surface area contributed by atoms with E-state index in [0.29, 0.717) is 12.6 Å². The van der Waals surface area contributed by atoms with Gasteiger partial charge in [0.05, 0.1) is 7.11 Å². The van der Waals surface area contributed by atoms with E-state index >= 15 is 0 Å². The van der Waals surface area contributed by atoms with E-state index in [4.69, 9.17) is 9.47 Å². The normalized spacial score (nSPS) is 15.7. The summed E-state index contributed by atoms with van der Waals surface area (Å²) in [6, 6.07) is 13.2. The minimum atomic E-state index is 0.531. The lowest BCUT2D eigenvalue weighted by Crippen LogP contribution is -2.29. The molecule has 3 nitrogen and oxygen atoms in total. The molecule has 1 fully saturated rings. The van der Waals surface area contributed by atoms with Crippen LogP contribution in [0.2, 0.25) is 0 Å². The van der Waals surface area contributed by atoms with Gasteiger partial charge >= 0.3 is 0 Å². The maximum atomic E-state index is 6.04. The van der Waals surface area contributed by atoms with Crippen molar-refractivity contribution in [3.8, 4) is 11.5 Å². The Morgan fingerprint density at radius 2 is 1.64 bits per heavy atom. The van der Waals surface area contributed by atoms with Crippen molar-refractivity contribution in [3.63, 3.8) is 0 Å². The minimum Gasteiger partial charge on any atom is -0.493 e. The Balaban J connectivity index is 1.62. The van der Waals surface area contributed by atoms with E-state index < -0.39 is 0 Å². The Kier molecular flexibility index (Phi) is 8.23. The van der Waals surface area contributed by atoms with E-state index in [1.807, 2.05) is 6.07 Å². The van der Waals surface area contributed by atoms with Crippen molar-refractivity contribution in [1.29, 1.82) is 0 Å². The third-order valence-electron chi connectivity index (χ3n) is 5.53. The van der Waals surface area contributed by atoms with Crippen LogP contribution in [0.15, 0.2) is 40.9 Å². The SMILES string of the molecule is COc1cc(CNC2CCCCCCC2)c(Br)cc1OCc1ccc(C)cc1. The first kappa shape index (κ1) is 21.2. The lowest BCUT2D eigenvalue weighted by molar-refractivity contribution is 0.284. The summed E-state index contributed by atoms with van der Waals surface area (Å²) >= 11 is 3.72. The fourth-order valence-electron chi connectivity index (χ4n) is 3.74. The van der Waals surface area contributed by atoms with Gasteiger partial charge in [-0.1, -0.05) is 77.9 Å². The number of halogens is 1. The predicted molar refractivity (Wildman–Crippen MR) is 119 cm³/mol. The summed E-state index contributed by atoms with van der Waals surface area (Å²) in [7, 11) is 1.70. The Labute approximate surface area is 178 Å². The molecule has 1 aliphatic carbocycles. The van der Waals surface area contributed by atoms with E-state index in [0.717, 1.165) is 28.1 Å². The Bertz CT molecular complexity index is 737. The molecule has 0 radical (unpaired) electrons. The molecule has 0 bridgehead atoms. The fourth-order valence-corrected chi connectivity index (χ4v) is 4.21.